The molecule has 5 rings (SSSR count). The van der Waals surface area contributed by atoms with Crippen molar-refractivity contribution in [2.75, 3.05) is 10.5 Å². The molecule has 0 radical (unpaired) electrons. The van der Waals surface area contributed by atoms with Crippen LogP contribution >= 0.6 is 0 Å². The number of rotatable bonds is 6. The van der Waals surface area contributed by atoms with Crippen molar-refractivity contribution in [3.05, 3.63) is 95.8 Å². The van der Waals surface area contributed by atoms with E-state index in [0.717, 1.165) is 24.3 Å². The van der Waals surface area contributed by atoms with E-state index in [-0.39, 0.29) is 16.3 Å². The maximum absolute atomic E-state index is 15.3. The van der Waals surface area contributed by atoms with E-state index >= 15 is 4.39 Å². The van der Waals surface area contributed by atoms with Crippen LogP contribution in [0, 0.1) is 17.5 Å². The number of aromatic amines is 1. The third kappa shape index (κ3) is 4.29. The van der Waals surface area contributed by atoms with E-state index in [9.17, 15) is 17.8 Å². The second-order valence-electron chi connectivity index (χ2n) is 7.59. The largest absolute Gasteiger partial charge is 0.382 e. The minimum Gasteiger partial charge on any atom is -0.382 e. The molecule has 0 aliphatic rings. The van der Waals surface area contributed by atoms with Gasteiger partial charge in [-0.3, -0.25) is 14.5 Å². The molecule has 0 saturated carbocycles. The highest BCUT2D eigenvalue weighted by atomic mass is 32.2. The van der Waals surface area contributed by atoms with Gasteiger partial charge in [0, 0.05) is 28.9 Å². The zero-order chi connectivity index (χ0) is 25.4. The zero-order valence-electron chi connectivity index (χ0n) is 18.1. The van der Waals surface area contributed by atoms with Crippen molar-refractivity contribution < 1.29 is 22.2 Å². The molecule has 3 heterocycles. The lowest BCUT2D eigenvalue weighted by molar-refractivity contribution is 0.103. The van der Waals surface area contributed by atoms with Gasteiger partial charge in [-0.15, -0.1) is 0 Å². The summed E-state index contributed by atoms with van der Waals surface area (Å²) in [4.78, 5) is 28.5. The molecule has 5 aromatic rings. The van der Waals surface area contributed by atoms with Crippen LogP contribution in [0.5, 0.6) is 0 Å². The minimum absolute atomic E-state index is 0.0348. The van der Waals surface area contributed by atoms with Gasteiger partial charge < -0.3 is 10.7 Å². The van der Waals surface area contributed by atoms with Gasteiger partial charge in [-0.25, -0.2) is 27.3 Å². The Hall–Kier alpha value is -4.58. The highest BCUT2D eigenvalue weighted by molar-refractivity contribution is 7.86. The maximum Gasteiger partial charge on any atom is 0.201 e. The predicted octanol–water partition coefficient (Wildman–Crippen LogP) is 4.39. The molecular weight excluding hydrogens is 493 g/mol. The Kier molecular flexibility index (Phi) is 5.94. The molecule has 12 heteroatoms. The Morgan fingerprint density at radius 2 is 1.83 bits per heavy atom. The van der Waals surface area contributed by atoms with Crippen LogP contribution in [-0.4, -0.2) is 29.9 Å². The van der Waals surface area contributed by atoms with Crippen molar-refractivity contribution in [2.24, 2.45) is 0 Å². The number of nitrogens with two attached hydrogens (primary N) is 1. The van der Waals surface area contributed by atoms with Crippen molar-refractivity contribution in [1.29, 1.82) is 0 Å². The van der Waals surface area contributed by atoms with E-state index in [1.165, 1.54) is 36.9 Å². The molecular formula is C24H15F3N6O2S. The van der Waals surface area contributed by atoms with Crippen molar-refractivity contribution in [2.45, 2.75) is 4.90 Å². The maximum atomic E-state index is 15.3. The fraction of sp³-hybridized carbons (Fsp3) is 0. The van der Waals surface area contributed by atoms with Crippen molar-refractivity contribution >= 4 is 39.3 Å². The number of ketones is 1. The summed E-state index contributed by atoms with van der Waals surface area (Å²) in [5.41, 5.74) is 5.54. The van der Waals surface area contributed by atoms with Crippen molar-refractivity contribution in [3.8, 4) is 11.3 Å². The molecule has 180 valence electrons. The average Bonchev–Trinajstić information content (AvgIpc) is 3.29. The summed E-state index contributed by atoms with van der Waals surface area (Å²) in [5.74, 6) is -3.72. The number of carbonyl (C=O) groups is 1. The van der Waals surface area contributed by atoms with Gasteiger partial charge in [0.05, 0.1) is 34.2 Å². The number of hydrogen-bond acceptors (Lipinski definition) is 6. The number of anilines is 2. The van der Waals surface area contributed by atoms with Gasteiger partial charge in [0.2, 0.25) is 5.78 Å². The molecule has 2 aromatic carbocycles. The summed E-state index contributed by atoms with van der Waals surface area (Å²) in [5, 5.41) is 0.302. The molecule has 3 aromatic heterocycles. The Balaban J connectivity index is 1.52. The Bertz CT molecular complexity index is 1660. The van der Waals surface area contributed by atoms with Crippen LogP contribution in [0.25, 0.3) is 22.3 Å². The quantitative estimate of drug-likeness (QED) is 0.292. The van der Waals surface area contributed by atoms with Gasteiger partial charge in [0.15, 0.2) is 5.82 Å². The van der Waals surface area contributed by atoms with Crippen LogP contribution in [-0.2, 0) is 11.0 Å². The molecule has 0 saturated heterocycles. The average molecular weight is 508 g/mol. The second kappa shape index (κ2) is 9.23. The molecule has 0 aliphatic carbocycles. The summed E-state index contributed by atoms with van der Waals surface area (Å²) in [7, 11) is -2.07. The van der Waals surface area contributed by atoms with Gasteiger partial charge in [-0.05, 0) is 36.4 Å². The molecule has 0 aliphatic heterocycles. The van der Waals surface area contributed by atoms with Crippen LogP contribution < -0.4 is 10.5 Å². The molecule has 8 nitrogen and oxygen atoms in total. The van der Waals surface area contributed by atoms with E-state index in [2.05, 4.69) is 24.7 Å². The summed E-state index contributed by atoms with van der Waals surface area (Å²) in [6.45, 7) is 0. The van der Waals surface area contributed by atoms with Gasteiger partial charge in [-0.1, -0.05) is 6.07 Å². The minimum atomic E-state index is -2.07. The first-order chi connectivity index (χ1) is 17.3. The lowest BCUT2D eigenvalue weighted by atomic mass is 10.0. The predicted molar refractivity (Wildman–Crippen MR) is 128 cm³/mol. The summed E-state index contributed by atoms with van der Waals surface area (Å²) in [6.07, 6.45) is 5.59. The topological polar surface area (TPSA) is 127 Å². The highest BCUT2D eigenvalue weighted by Crippen LogP contribution is 2.29. The zero-order valence-corrected chi connectivity index (χ0v) is 18.9. The van der Waals surface area contributed by atoms with Crippen LogP contribution in [0.15, 0.2) is 72.1 Å². The van der Waals surface area contributed by atoms with Crippen LogP contribution in [0.2, 0.25) is 0 Å². The number of carbonyl (C=O) groups excluding carboxylic acids is 1. The number of halogens is 3. The fourth-order valence-corrected chi connectivity index (χ4v) is 4.43. The lowest BCUT2D eigenvalue weighted by Crippen LogP contribution is -2.12. The number of H-pyrrole nitrogens is 1. The molecule has 0 spiro atoms. The Morgan fingerprint density at radius 1 is 1.00 bits per heavy atom. The monoisotopic (exact) mass is 508 g/mol. The number of pyridine rings is 1. The van der Waals surface area contributed by atoms with Crippen LogP contribution in [0.3, 0.4) is 0 Å². The first-order valence-corrected chi connectivity index (χ1v) is 11.5. The smallest absolute Gasteiger partial charge is 0.201 e. The molecule has 0 fully saturated rings. The lowest BCUT2D eigenvalue weighted by Gasteiger charge is -2.11. The molecule has 0 amide bonds. The Morgan fingerprint density at radius 3 is 2.58 bits per heavy atom. The summed E-state index contributed by atoms with van der Waals surface area (Å²) in [6, 6.07) is 8.37. The third-order valence-corrected chi connectivity index (χ3v) is 6.36. The molecule has 1 unspecified atom stereocenters. The van der Waals surface area contributed by atoms with Gasteiger partial charge >= 0.3 is 0 Å². The normalized spacial score (nSPS) is 12.0. The van der Waals surface area contributed by atoms with E-state index in [0.29, 0.717) is 22.3 Å². The molecule has 1 atom stereocenters. The number of nitrogen functional groups attached to an aromatic ring is 1. The summed E-state index contributed by atoms with van der Waals surface area (Å²) >= 11 is 0. The standard InChI is InChI=1S/C24H15F3N6O2S/c25-13-2-1-3-14(7-13)36(35)33-18-5-4-17(26)21(22(18)27)23(34)16-9-32-24-15(16)6-12(8-31-24)19-10-30-20(28)11-29-19/h1-11,33H,(H2,28,30)(H,31,32). The SMILES string of the molecule is Nc1cnc(-c2cnc3[nH]cc(C(=O)c4c(F)ccc(NS(=O)c5cccc(F)c5)c4F)c3c2)cn1. The third-order valence-electron chi connectivity index (χ3n) is 5.27. The van der Waals surface area contributed by atoms with Gasteiger partial charge in [0.25, 0.3) is 0 Å². The number of benzene rings is 2. The van der Waals surface area contributed by atoms with E-state index in [1.54, 1.807) is 6.07 Å². The number of nitrogens with zero attached hydrogens (tertiary/aromatic N) is 3. The number of fused-ring (bicyclic) bond motifs is 1. The molecule has 4 N–H and O–H groups in total. The number of aromatic nitrogens is 4. The number of nitrogens with one attached hydrogen (secondary N) is 2. The van der Waals surface area contributed by atoms with Crippen LogP contribution in [0.1, 0.15) is 15.9 Å². The molecule has 36 heavy (non-hydrogen) atoms. The first-order valence-electron chi connectivity index (χ1n) is 10.3. The van der Waals surface area contributed by atoms with Crippen molar-refractivity contribution in [1.82, 2.24) is 19.9 Å². The van der Waals surface area contributed by atoms with Gasteiger partial charge in [0.1, 0.15) is 34.1 Å². The highest BCUT2D eigenvalue weighted by Gasteiger charge is 2.25. The second-order valence-corrected chi connectivity index (χ2v) is 8.80. The van der Waals surface area contributed by atoms with E-state index in [1.807, 2.05) is 0 Å². The van der Waals surface area contributed by atoms with Crippen LogP contribution in [0.4, 0.5) is 24.7 Å². The number of hydrogen-bond donors (Lipinski definition) is 3. The first kappa shape index (κ1) is 23.2. The summed E-state index contributed by atoms with van der Waals surface area (Å²) < 4.78 is 58.4. The van der Waals surface area contributed by atoms with Gasteiger partial charge in [-0.2, -0.15) is 0 Å². The van der Waals surface area contributed by atoms with E-state index in [4.69, 9.17) is 5.73 Å². The van der Waals surface area contributed by atoms with Crippen molar-refractivity contribution in [3.63, 3.8) is 0 Å². The fourth-order valence-electron chi connectivity index (χ4n) is 3.53. The Labute approximate surface area is 204 Å². The molecule has 0 bridgehead atoms. The van der Waals surface area contributed by atoms with E-state index < -0.39 is 45.5 Å².